The van der Waals surface area contributed by atoms with Crippen LogP contribution in [0.4, 0.5) is 4.79 Å². The minimum atomic E-state index is -0.782. The van der Waals surface area contributed by atoms with Crippen molar-refractivity contribution < 1.29 is 19.0 Å². The summed E-state index contributed by atoms with van der Waals surface area (Å²) in [6.07, 6.45) is 2.15. The van der Waals surface area contributed by atoms with Crippen LogP contribution in [0.1, 0.15) is 47.1 Å². The molecule has 142 valence electrons. The van der Waals surface area contributed by atoms with Gasteiger partial charge in [0.05, 0.1) is 6.04 Å². The van der Waals surface area contributed by atoms with Crippen LogP contribution in [0, 0.1) is 0 Å². The van der Waals surface area contributed by atoms with Crippen LogP contribution in [0.3, 0.4) is 0 Å². The minimum absolute atomic E-state index is 0.0877. The number of carbonyl (C=O) groups excluding carboxylic acids is 1. The van der Waals surface area contributed by atoms with Gasteiger partial charge in [0.15, 0.2) is 0 Å². The molecule has 3 rings (SSSR count). The number of ether oxygens (including phenoxy) is 3. The number of hydrogen-bond acceptors (Lipinski definition) is 4. The fourth-order valence-corrected chi connectivity index (χ4v) is 3.56. The molecule has 2 heterocycles. The number of hydrogen-bond donors (Lipinski definition) is 0. The molecule has 1 amide bonds. The maximum absolute atomic E-state index is 13.0. The molecule has 1 saturated heterocycles. The van der Waals surface area contributed by atoms with Crippen molar-refractivity contribution in [2.75, 3.05) is 0 Å². The average Bonchev–Trinajstić information content (AvgIpc) is 2.74. The van der Waals surface area contributed by atoms with Gasteiger partial charge >= 0.3 is 6.09 Å². The molecule has 3 atom stereocenters. The highest BCUT2D eigenvalue weighted by molar-refractivity contribution is 5.70. The summed E-state index contributed by atoms with van der Waals surface area (Å²) in [6, 6.07) is 9.93. The summed E-state index contributed by atoms with van der Waals surface area (Å²) in [4.78, 5) is 14.7. The first-order valence-electron chi connectivity index (χ1n) is 9.19. The fraction of sp³-hybridized carbons (Fsp3) is 0.571. The van der Waals surface area contributed by atoms with E-state index in [9.17, 15) is 4.79 Å². The highest BCUT2D eigenvalue weighted by atomic mass is 16.6. The molecule has 0 saturated carbocycles. The van der Waals surface area contributed by atoms with Gasteiger partial charge in [-0.25, -0.2) is 4.79 Å². The van der Waals surface area contributed by atoms with Crippen molar-refractivity contribution in [3.63, 3.8) is 0 Å². The zero-order valence-corrected chi connectivity index (χ0v) is 16.5. The second-order valence-electron chi connectivity index (χ2n) is 8.48. The zero-order chi connectivity index (χ0) is 19.1. The topological polar surface area (TPSA) is 48.0 Å². The van der Waals surface area contributed by atoms with E-state index in [0.717, 1.165) is 11.3 Å². The van der Waals surface area contributed by atoms with E-state index in [1.165, 1.54) is 0 Å². The van der Waals surface area contributed by atoms with Crippen LogP contribution in [-0.4, -0.2) is 40.6 Å². The SMILES string of the molecule is CC1C=C([C@@H]2OC(C)(C)N(C(=O)OC(C)(C)C)[C@H]2Cc2ccccc2)O1. The van der Waals surface area contributed by atoms with E-state index in [1.54, 1.807) is 4.90 Å². The fourth-order valence-electron chi connectivity index (χ4n) is 3.56. The van der Waals surface area contributed by atoms with Crippen molar-refractivity contribution in [2.24, 2.45) is 0 Å². The second-order valence-corrected chi connectivity index (χ2v) is 8.48. The predicted molar refractivity (Wildman–Crippen MR) is 99.6 cm³/mol. The second kappa shape index (κ2) is 6.62. The summed E-state index contributed by atoms with van der Waals surface area (Å²) in [5, 5.41) is 0. The van der Waals surface area contributed by atoms with E-state index < -0.39 is 11.3 Å². The van der Waals surface area contributed by atoms with Gasteiger partial charge in [-0.15, -0.1) is 0 Å². The van der Waals surface area contributed by atoms with Gasteiger partial charge < -0.3 is 14.2 Å². The minimum Gasteiger partial charge on any atom is -0.488 e. The Hall–Kier alpha value is -2.01. The molecule has 0 radical (unpaired) electrons. The van der Waals surface area contributed by atoms with E-state index in [2.05, 4.69) is 18.2 Å². The maximum atomic E-state index is 13.0. The molecule has 26 heavy (non-hydrogen) atoms. The van der Waals surface area contributed by atoms with Gasteiger partial charge in [-0.2, -0.15) is 0 Å². The summed E-state index contributed by atoms with van der Waals surface area (Å²) in [5.41, 5.74) is -0.205. The summed E-state index contributed by atoms with van der Waals surface area (Å²) in [7, 11) is 0. The first-order chi connectivity index (χ1) is 12.1. The highest BCUT2D eigenvalue weighted by Gasteiger charge is 2.53. The summed E-state index contributed by atoms with van der Waals surface area (Å²) in [6.45, 7) is 11.4. The molecule has 5 nitrogen and oxygen atoms in total. The maximum Gasteiger partial charge on any atom is 0.412 e. The molecule has 2 aliphatic rings. The Labute approximate surface area is 155 Å². The van der Waals surface area contributed by atoms with Crippen LogP contribution in [0.15, 0.2) is 42.2 Å². The van der Waals surface area contributed by atoms with Crippen molar-refractivity contribution in [3.8, 4) is 0 Å². The number of nitrogens with zero attached hydrogens (tertiary/aromatic N) is 1. The summed E-state index contributed by atoms with van der Waals surface area (Å²) >= 11 is 0. The Balaban J connectivity index is 1.92. The first kappa shape index (κ1) is 18.8. The third-order valence-corrected chi connectivity index (χ3v) is 4.56. The Morgan fingerprint density at radius 1 is 1.23 bits per heavy atom. The molecule has 2 aliphatic heterocycles. The van der Waals surface area contributed by atoms with Gasteiger partial charge in [0, 0.05) is 0 Å². The van der Waals surface area contributed by atoms with Gasteiger partial charge in [-0.3, -0.25) is 4.90 Å². The standard InChI is InChI=1S/C21H29NO4/c1-14-12-17(24-14)18-16(13-15-10-8-7-9-11-15)22(21(5,6)25-18)19(23)26-20(2,3)4/h7-12,14,16,18H,13H2,1-6H3/t14?,16-,18+/m0/s1. The van der Waals surface area contributed by atoms with Crippen molar-refractivity contribution >= 4 is 6.09 Å². The van der Waals surface area contributed by atoms with Gasteiger partial charge in [0.25, 0.3) is 0 Å². The molecule has 0 bridgehead atoms. The Morgan fingerprint density at radius 2 is 1.85 bits per heavy atom. The number of amides is 1. The quantitative estimate of drug-likeness (QED) is 0.808. The van der Waals surface area contributed by atoms with Crippen LogP contribution >= 0.6 is 0 Å². The van der Waals surface area contributed by atoms with Crippen molar-refractivity contribution in [1.82, 2.24) is 4.90 Å². The van der Waals surface area contributed by atoms with E-state index in [0.29, 0.717) is 6.42 Å². The molecule has 5 heteroatoms. The molecule has 1 fully saturated rings. The molecular formula is C21H29NO4. The molecular weight excluding hydrogens is 330 g/mol. The van der Waals surface area contributed by atoms with Crippen LogP contribution in [0.2, 0.25) is 0 Å². The van der Waals surface area contributed by atoms with Crippen LogP contribution in [0.5, 0.6) is 0 Å². The van der Waals surface area contributed by atoms with Gasteiger partial charge in [0.1, 0.15) is 29.3 Å². The molecule has 0 aliphatic carbocycles. The monoisotopic (exact) mass is 359 g/mol. The molecule has 1 aromatic carbocycles. The van der Waals surface area contributed by atoms with Crippen molar-refractivity contribution in [1.29, 1.82) is 0 Å². The number of carbonyl (C=O) groups is 1. The van der Waals surface area contributed by atoms with Crippen LogP contribution in [-0.2, 0) is 20.6 Å². The van der Waals surface area contributed by atoms with Gasteiger partial charge in [-0.1, -0.05) is 30.3 Å². The van der Waals surface area contributed by atoms with Gasteiger partial charge in [-0.05, 0) is 59.6 Å². The normalized spacial score (nSPS) is 27.4. The largest absolute Gasteiger partial charge is 0.488 e. The lowest BCUT2D eigenvalue weighted by atomic mass is 9.97. The van der Waals surface area contributed by atoms with E-state index in [1.807, 2.05) is 59.7 Å². The lowest BCUT2D eigenvalue weighted by Crippen LogP contribution is -2.51. The number of rotatable bonds is 3. The third-order valence-electron chi connectivity index (χ3n) is 4.56. The van der Waals surface area contributed by atoms with Crippen molar-refractivity contribution in [3.05, 3.63) is 47.7 Å². The molecule has 1 unspecified atom stereocenters. The highest BCUT2D eigenvalue weighted by Crippen LogP contribution is 2.40. The Bertz CT molecular complexity index is 690. The van der Waals surface area contributed by atoms with Crippen LogP contribution in [0.25, 0.3) is 0 Å². The first-order valence-corrected chi connectivity index (χ1v) is 9.19. The summed E-state index contributed by atoms with van der Waals surface area (Å²) < 4.78 is 17.7. The van der Waals surface area contributed by atoms with Crippen LogP contribution < -0.4 is 0 Å². The van der Waals surface area contributed by atoms with Crippen molar-refractivity contribution in [2.45, 2.75) is 77.5 Å². The summed E-state index contributed by atoms with van der Waals surface area (Å²) in [5.74, 6) is 0.803. The average molecular weight is 359 g/mol. The molecule has 0 N–H and O–H groups in total. The lowest BCUT2D eigenvalue weighted by molar-refractivity contribution is -0.0862. The van der Waals surface area contributed by atoms with Gasteiger partial charge in [0.2, 0.25) is 0 Å². The predicted octanol–water partition coefficient (Wildman–Crippen LogP) is 4.27. The molecule has 1 aromatic rings. The molecule has 0 spiro atoms. The zero-order valence-electron chi connectivity index (χ0n) is 16.5. The lowest BCUT2D eigenvalue weighted by Gasteiger charge is -2.35. The molecule has 0 aromatic heterocycles. The van der Waals surface area contributed by atoms with E-state index >= 15 is 0 Å². The third kappa shape index (κ3) is 3.88. The smallest absolute Gasteiger partial charge is 0.412 e. The Kier molecular flexibility index (Phi) is 4.78. The number of benzene rings is 1. The van der Waals surface area contributed by atoms with E-state index in [4.69, 9.17) is 14.2 Å². The Morgan fingerprint density at radius 3 is 2.38 bits per heavy atom. The van der Waals surface area contributed by atoms with E-state index in [-0.39, 0.29) is 24.3 Å².